The second kappa shape index (κ2) is 6.92. The monoisotopic (exact) mass is 365 g/mol. The molecule has 138 valence electrons. The Morgan fingerprint density at radius 2 is 2.19 bits per heavy atom. The standard InChI is InChI=1S/C20H20FN5O/c1-13-7-17(8-15-3-2-6-23-19(13)15)16-4-5-18-24-26(11-14(9-21)10-22)20(27)25(18)12-16/h4-9,12H,2-3,10-11,22H2,1H3/b14-9+. The number of aryl methyl sites for hydroxylation is 2. The number of nitrogens with two attached hydrogens (primary N) is 1. The molecule has 6 nitrogen and oxygen atoms in total. The lowest BCUT2D eigenvalue weighted by molar-refractivity contribution is 0.616. The number of aromatic nitrogens is 3. The van der Waals surface area contributed by atoms with Crippen molar-refractivity contribution in [2.45, 2.75) is 26.3 Å². The van der Waals surface area contributed by atoms with E-state index >= 15 is 0 Å². The minimum Gasteiger partial charge on any atom is -0.327 e. The molecule has 0 fully saturated rings. The molecule has 0 amide bonds. The molecule has 3 aromatic rings. The van der Waals surface area contributed by atoms with E-state index in [0.29, 0.717) is 17.6 Å². The highest BCUT2D eigenvalue weighted by molar-refractivity contribution is 5.76. The van der Waals surface area contributed by atoms with Gasteiger partial charge < -0.3 is 5.73 Å². The van der Waals surface area contributed by atoms with Crippen LogP contribution in [0.25, 0.3) is 16.8 Å². The van der Waals surface area contributed by atoms with Crippen molar-refractivity contribution in [3.63, 3.8) is 0 Å². The van der Waals surface area contributed by atoms with Gasteiger partial charge in [-0.2, -0.15) is 0 Å². The second-order valence-electron chi connectivity index (χ2n) is 6.71. The first-order valence-corrected chi connectivity index (χ1v) is 8.84. The predicted molar refractivity (Wildman–Crippen MR) is 104 cm³/mol. The quantitative estimate of drug-likeness (QED) is 0.772. The smallest absolute Gasteiger partial charge is 0.327 e. The van der Waals surface area contributed by atoms with Crippen LogP contribution in [0.1, 0.15) is 17.5 Å². The molecule has 7 heteroatoms. The van der Waals surface area contributed by atoms with Gasteiger partial charge in [-0.15, -0.1) is 5.10 Å². The summed E-state index contributed by atoms with van der Waals surface area (Å²) in [6.07, 6.45) is 6.06. The minimum absolute atomic E-state index is 0.0405. The van der Waals surface area contributed by atoms with Gasteiger partial charge in [0, 0.05) is 19.0 Å². The van der Waals surface area contributed by atoms with E-state index in [2.05, 4.69) is 22.2 Å². The van der Waals surface area contributed by atoms with Gasteiger partial charge in [0.15, 0.2) is 5.65 Å². The zero-order valence-electron chi connectivity index (χ0n) is 15.0. The first kappa shape index (κ1) is 17.4. The Hall–Kier alpha value is -3.06. The van der Waals surface area contributed by atoms with Gasteiger partial charge in [-0.25, -0.2) is 18.3 Å². The van der Waals surface area contributed by atoms with Crippen molar-refractivity contribution < 1.29 is 4.39 Å². The summed E-state index contributed by atoms with van der Waals surface area (Å²) in [5.41, 5.74) is 11.3. The van der Waals surface area contributed by atoms with Crippen LogP contribution >= 0.6 is 0 Å². The third-order valence-corrected chi connectivity index (χ3v) is 4.82. The summed E-state index contributed by atoms with van der Waals surface area (Å²) in [6, 6.07) is 7.94. The molecule has 1 aliphatic rings. The van der Waals surface area contributed by atoms with Gasteiger partial charge in [0.1, 0.15) is 0 Å². The normalized spacial score (nSPS) is 14.0. The van der Waals surface area contributed by atoms with Crippen LogP contribution in [0.5, 0.6) is 0 Å². The van der Waals surface area contributed by atoms with Crippen LogP contribution in [-0.4, -0.2) is 26.9 Å². The topological polar surface area (TPSA) is 77.7 Å². The highest BCUT2D eigenvalue weighted by Crippen LogP contribution is 2.33. The first-order valence-electron chi connectivity index (χ1n) is 8.84. The molecular weight excluding hydrogens is 345 g/mol. The zero-order valence-corrected chi connectivity index (χ0v) is 15.0. The van der Waals surface area contributed by atoms with Gasteiger partial charge in [0.05, 0.1) is 18.6 Å². The maximum absolute atomic E-state index is 12.8. The lowest BCUT2D eigenvalue weighted by Crippen LogP contribution is -2.23. The molecule has 1 aromatic carbocycles. The van der Waals surface area contributed by atoms with E-state index in [1.807, 2.05) is 19.2 Å². The second-order valence-corrected chi connectivity index (χ2v) is 6.71. The van der Waals surface area contributed by atoms with Gasteiger partial charge >= 0.3 is 5.69 Å². The number of pyridine rings is 1. The number of fused-ring (bicyclic) bond motifs is 2. The summed E-state index contributed by atoms with van der Waals surface area (Å²) in [5.74, 6) is 0. The van der Waals surface area contributed by atoms with E-state index in [1.54, 1.807) is 12.3 Å². The van der Waals surface area contributed by atoms with E-state index in [0.717, 1.165) is 35.2 Å². The van der Waals surface area contributed by atoms with Crippen LogP contribution in [0.3, 0.4) is 0 Å². The molecule has 0 aliphatic carbocycles. The molecule has 27 heavy (non-hydrogen) atoms. The lowest BCUT2D eigenvalue weighted by atomic mass is 9.96. The van der Waals surface area contributed by atoms with Crippen molar-refractivity contribution in [1.29, 1.82) is 0 Å². The molecule has 4 rings (SSSR count). The Labute approximate surface area is 155 Å². The van der Waals surface area contributed by atoms with E-state index < -0.39 is 0 Å². The minimum atomic E-state index is -0.320. The predicted octanol–water partition coefficient (Wildman–Crippen LogP) is 2.93. The van der Waals surface area contributed by atoms with Crippen molar-refractivity contribution in [3.05, 3.63) is 64.0 Å². The molecule has 1 aliphatic heterocycles. The summed E-state index contributed by atoms with van der Waals surface area (Å²) < 4.78 is 15.5. The first-order chi connectivity index (χ1) is 13.1. The number of rotatable bonds is 4. The number of aliphatic imine (C=N–C) groups is 1. The molecule has 0 atom stereocenters. The SMILES string of the molecule is Cc1cc(-c2ccc3nn(C/C(=C/F)CN)c(=O)n3c2)cc2c1N=CCC2. The molecule has 3 heterocycles. The van der Waals surface area contributed by atoms with Crippen molar-refractivity contribution in [2.24, 2.45) is 10.7 Å². The average molecular weight is 365 g/mol. The third-order valence-electron chi connectivity index (χ3n) is 4.82. The molecular formula is C20H20FN5O. The van der Waals surface area contributed by atoms with Gasteiger partial charge in [0.2, 0.25) is 0 Å². The van der Waals surface area contributed by atoms with Gasteiger partial charge in [-0.05, 0) is 71.9 Å². The molecule has 2 N–H and O–H groups in total. The third kappa shape index (κ3) is 3.10. The van der Waals surface area contributed by atoms with Crippen molar-refractivity contribution >= 4 is 17.5 Å². The Balaban J connectivity index is 1.78. The fourth-order valence-corrected chi connectivity index (χ4v) is 3.40. The summed E-state index contributed by atoms with van der Waals surface area (Å²) >= 11 is 0. The highest BCUT2D eigenvalue weighted by atomic mass is 19.1. The van der Waals surface area contributed by atoms with Crippen LogP contribution in [0, 0.1) is 6.92 Å². The summed E-state index contributed by atoms with van der Waals surface area (Å²) in [4.78, 5) is 17.1. The van der Waals surface area contributed by atoms with Crippen LogP contribution in [0.15, 0.2) is 52.2 Å². The maximum Gasteiger partial charge on any atom is 0.350 e. The molecule has 0 spiro atoms. The Kier molecular flexibility index (Phi) is 4.45. The van der Waals surface area contributed by atoms with Crippen molar-refractivity contribution in [2.75, 3.05) is 6.54 Å². The average Bonchev–Trinajstić information content (AvgIpc) is 3.01. The Morgan fingerprint density at radius 3 is 2.96 bits per heavy atom. The van der Waals surface area contributed by atoms with Crippen molar-refractivity contribution in [3.8, 4) is 11.1 Å². The van der Waals surface area contributed by atoms with Crippen LogP contribution in [0.4, 0.5) is 10.1 Å². The molecule has 0 unspecified atom stereocenters. The summed E-state index contributed by atoms with van der Waals surface area (Å²) in [5, 5.41) is 4.26. The lowest BCUT2D eigenvalue weighted by Gasteiger charge is -2.14. The van der Waals surface area contributed by atoms with Gasteiger partial charge in [-0.1, -0.05) is 0 Å². The van der Waals surface area contributed by atoms with Gasteiger partial charge in [-0.3, -0.25) is 4.99 Å². The fourth-order valence-electron chi connectivity index (χ4n) is 3.40. The Bertz CT molecular complexity index is 1140. The number of hydrogen-bond acceptors (Lipinski definition) is 4. The summed E-state index contributed by atoms with van der Waals surface area (Å²) in [7, 11) is 0. The number of halogens is 1. The molecule has 0 radical (unpaired) electrons. The van der Waals surface area contributed by atoms with E-state index in [-0.39, 0.29) is 18.8 Å². The largest absolute Gasteiger partial charge is 0.350 e. The van der Waals surface area contributed by atoms with Crippen LogP contribution in [-0.2, 0) is 13.0 Å². The number of benzene rings is 1. The fraction of sp³-hybridized carbons (Fsp3) is 0.250. The number of hydrogen-bond donors (Lipinski definition) is 1. The highest BCUT2D eigenvalue weighted by Gasteiger charge is 2.13. The molecule has 0 bridgehead atoms. The molecule has 0 saturated carbocycles. The number of nitrogens with zero attached hydrogens (tertiary/aromatic N) is 4. The van der Waals surface area contributed by atoms with E-state index in [1.165, 1.54) is 14.6 Å². The van der Waals surface area contributed by atoms with Crippen LogP contribution in [0.2, 0.25) is 0 Å². The van der Waals surface area contributed by atoms with Crippen molar-refractivity contribution in [1.82, 2.24) is 14.2 Å². The maximum atomic E-state index is 12.8. The van der Waals surface area contributed by atoms with E-state index in [9.17, 15) is 9.18 Å². The van der Waals surface area contributed by atoms with Crippen LogP contribution < -0.4 is 11.4 Å². The summed E-state index contributed by atoms with van der Waals surface area (Å²) in [6.45, 7) is 2.13. The van der Waals surface area contributed by atoms with Gasteiger partial charge in [0.25, 0.3) is 0 Å². The molecule has 0 saturated heterocycles. The molecule has 2 aromatic heterocycles. The Morgan fingerprint density at radius 1 is 1.33 bits per heavy atom. The zero-order chi connectivity index (χ0) is 19.0. The van der Waals surface area contributed by atoms with E-state index in [4.69, 9.17) is 5.73 Å².